The second-order valence-electron chi connectivity index (χ2n) is 4.52. The first-order valence-electron chi connectivity index (χ1n) is 6.61. The molecule has 1 heterocycles. The first-order chi connectivity index (χ1) is 9.63. The lowest BCUT2D eigenvalue weighted by atomic mass is 10.1. The highest BCUT2D eigenvalue weighted by Crippen LogP contribution is 2.16. The number of rotatable bonds is 3. The number of hydrogen-bond acceptors (Lipinski definition) is 5. The van der Waals surface area contributed by atoms with Gasteiger partial charge in [-0.15, -0.1) is 0 Å². The second kappa shape index (κ2) is 6.38. The van der Waals surface area contributed by atoms with Crippen LogP contribution in [0, 0.1) is 0 Å². The van der Waals surface area contributed by atoms with Crippen molar-refractivity contribution in [3.8, 4) is 5.75 Å². The third-order valence-corrected chi connectivity index (χ3v) is 3.16. The molecule has 0 aromatic heterocycles. The third-order valence-electron chi connectivity index (χ3n) is 3.16. The number of phenolic OH excluding ortho intramolecular Hbond substituents is 1. The van der Waals surface area contributed by atoms with Crippen LogP contribution in [0.3, 0.4) is 0 Å². The van der Waals surface area contributed by atoms with Gasteiger partial charge in [0.2, 0.25) is 0 Å². The van der Waals surface area contributed by atoms with Crippen molar-refractivity contribution in [2.24, 2.45) is 0 Å². The summed E-state index contributed by atoms with van der Waals surface area (Å²) < 4.78 is 5.00. The maximum Gasteiger partial charge on any atom is 0.330 e. The predicted octanol–water partition coefficient (Wildman–Crippen LogP) is 0.369. The van der Waals surface area contributed by atoms with Crippen molar-refractivity contribution < 1.29 is 19.4 Å². The number of carbonyl (C=O) groups is 2. The topological polar surface area (TPSA) is 78.9 Å². The highest BCUT2D eigenvalue weighted by molar-refractivity contribution is 5.97. The molecule has 1 unspecified atom stereocenters. The highest BCUT2D eigenvalue weighted by Gasteiger charge is 2.33. The number of phenols is 1. The Balaban J connectivity index is 2.19. The van der Waals surface area contributed by atoms with Gasteiger partial charge in [-0.25, -0.2) is 4.79 Å². The van der Waals surface area contributed by atoms with E-state index in [2.05, 4.69) is 5.32 Å². The van der Waals surface area contributed by atoms with E-state index in [0.29, 0.717) is 25.2 Å². The summed E-state index contributed by atoms with van der Waals surface area (Å²) in [6, 6.07) is 5.49. The molecule has 20 heavy (non-hydrogen) atoms. The van der Waals surface area contributed by atoms with Gasteiger partial charge in [-0.05, 0) is 25.1 Å². The molecule has 1 saturated heterocycles. The summed E-state index contributed by atoms with van der Waals surface area (Å²) in [5, 5.41) is 12.5. The standard InChI is InChI=1S/C14H18N2O4/c1-2-20-14(19)12-9-15-6-7-16(12)13(18)10-4-3-5-11(17)8-10/h3-5,8,12,15,17H,2,6-7,9H2,1H3. The zero-order chi connectivity index (χ0) is 14.5. The molecule has 1 aromatic carbocycles. The maximum atomic E-state index is 12.5. The quantitative estimate of drug-likeness (QED) is 0.781. The molecule has 2 rings (SSSR count). The molecule has 0 bridgehead atoms. The van der Waals surface area contributed by atoms with Gasteiger partial charge in [-0.3, -0.25) is 4.79 Å². The minimum Gasteiger partial charge on any atom is -0.508 e. The number of ether oxygens (including phenoxy) is 1. The van der Waals surface area contributed by atoms with E-state index in [1.807, 2.05) is 0 Å². The summed E-state index contributed by atoms with van der Waals surface area (Å²) in [6.07, 6.45) is 0. The Labute approximate surface area is 117 Å². The third kappa shape index (κ3) is 3.08. The fourth-order valence-electron chi connectivity index (χ4n) is 2.20. The summed E-state index contributed by atoms with van der Waals surface area (Å²) in [6.45, 7) is 3.45. The zero-order valence-electron chi connectivity index (χ0n) is 11.3. The molecule has 1 aromatic rings. The van der Waals surface area contributed by atoms with Crippen LogP contribution in [-0.4, -0.2) is 54.2 Å². The average molecular weight is 278 g/mol. The molecule has 6 nitrogen and oxygen atoms in total. The van der Waals surface area contributed by atoms with Crippen molar-refractivity contribution in [2.45, 2.75) is 13.0 Å². The maximum absolute atomic E-state index is 12.5. The Kier molecular flexibility index (Phi) is 4.57. The summed E-state index contributed by atoms with van der Waals surface area (Å²) in [5.41, 5.74) is 0.362. The summed E-state index contributed by atoms with van der Waals surface area (Å²) in [7, 11) is 0. The minimum atomic E-state index is -0.626. The van der Waals surface area contributed by atoms with Crippen LogP contribution >= 0.6 is 0 Å². The molecule has 1 atom stereocenters. The van der Waals surface area contributed by atoms with Gasteiger partial charge in [0.15, 0.2) is 0 Å². The van der Waals surface area contributed by atoms with Crippen molar-refractivity contribution in [1.82, 2.24) is 10.2 Å². The fraction of sp³-hybridized carbons (Fsp3) is 0.429. The SMILES string of the molecule is CCOC(=O)C1CNCCN1C(=O)c1cccc(O)c1. The fourth-order valence-corrected chi connectivity index (χ4v) is 2.20. The summed E-state index contributed by atoms with van der Waals surface area (Å²) >= 11 is 0. The molecule has 2 N–H and O–H groups in total. The van der Waals surface area contributed by atoms with Gasteiger partial charge in [0.1, 0.15) is 11.8 Å². The van der Waals surface area contributed by atoms with Crippen LogP contribution in [-0.2, 0) is 9.53 Å². The molecule has 0 radical (unpaired) electrons. The van der Waals surface area contributed by atoms with Crippen LogP contribution in [0.1, 0.15) is 17.3 Å². The number of carbonyl (C=O) groups excluding carboxylic acids is 2. The summed E-state index contributed by atoms with van der Waals surface area (Å²) in [5.74, 6) is -0.660. The molecule has 0 aliphatic carbocycles. The average Bonchev–Trinajstić information content (AvgIpc) is 2.47. The molecule has 6 heteroatoms. The van der Waals surface area contributed by atoms with Crippen LogP contribution in [0.5, 0.6) is 5.75 Å². The van der Waals surface area contributed by atoms with E-state index in [9.17, 15) is 14.7 Å². The molecule has 1 aliphatic rings. The lowest BCUT2D eigenvalue weighted by Crippen LogP contribution is -2.57. The number of benzene rings is 1. The van der Waals surface area contributed by atoms with Crippen LogP contribution in [0.25, 0.3) is 0 Å². The summed E-state index contributed by atoms with van der Waals surface area (Å²) in [4.78, 5) is 25.8. The van der Waals surface area contributed by atoms with Gasteiger partial charge >= 0.3 is 5.97 Å². The number of amides is 1. The lowest BCUT2D eigenvalue weighted by molar-refractivity contribution is -0.149. The monoisotopic (exact) mass is 278 g/mol. The van der Waals surface area contributed by atoms with Crippen LogP contribution in [0.15, 0.2) is 24.3 Å². The Bertz CT molecular complexity index is 504. The smallest absolute Gasteiger partial charge is 0.330 e. The molecule has 1 fully saturated rings. The molecule has 1 aliphatic heterocycles. The van der Waals surface area contributed by atoms with Gasteiger partial charge in [0, 0.05) is 25.2 Å². The number of nitrogens with zero attached hydrogens (tertiary/aromatic N) is 1. The number of aromatic hydroxyl groups is 1. The highest BCUT2D eigenvalue weighted by atomic mass is 16.5. The minimum absolute atomic E-state index is 0.0265. The first-order valence-corrected chi connectivity index (χ1v) is 6.61. The van der Waals surface area contributed by atoms with E-state index in [1.54, 1.807) is 19.1 Å². The Hall–Kier alpha value is -2.08. The molecule has 0 saturated carbocycles. The Morgan fingerprint density at radius 2 is 2.30 bits per heavy atom. The van der Waals surface area contributed by atoms with Gasteiger partial charge in [-0.1, -0.05) is 6.07 Å². The molecular weight excluding hydrogens is 260 g/mol. The largest absolute Gasteiger partial charge is 0.508 e. The Morgan fingerprint density at radius 1 is 1.50 bits per heavy atom. The molecule has 0 spiro atoms. The second-order valence-corrected chi connectivity index (χ2v) is 4.52. The first kappa shape index (κ1) is 14.3. The van der Waals surface area contributed by atoms with Gasteiger partial charge in [0.25, 0.3) is 5.91 Å². The molecule has 108 valence electrons. The van der Waals surface area contributed by atoms with Crippen molar-refractivity contribution in [1.29, 1.82) is 0 Å². The van der Waals surface area contributed by atoms with Gasteiger partial charge in [-0.2, -0.15) is 0 Å². The van der Waals surface area contributed by atoms with Crippen LogP contribution in [0.2, 0.25) is 0 Å². The normalized spacial score (nSPS) is 18.6. The zero-order valence-corrected chi connectivity index (χ0v) is 11.3. The van der Waals surface area contributed by atoms with Crippen molar-refractivity contribution in [3.63, 3.8) is 0 Å². The van der Waals surface area contributed by atoms with Crippen LogP contribution < -0.4 is 5.32 Å². The lowest BCUT2D eigenvalue weighted by Gasteiger charge is -2.34. The van der Waals surface area contributed by atoms with Crippen LogP contribution in [0.4, 0.5) is 0 Å². The number of piperazine rings is 1. The number of hydrogen-bond donors (Lipinski definition) is 2. The number of nitrogens with one attached hydrogen (secondary N) is 1. The van der Waals surface area contributed by atoms with E-state index in [-0.39, 0.29) is 18.3 Å². The number of esters is 1. The van der Waals surface area contributed by atoms with E-state index in [0.717, 1.165) is 0 Å². The van der Waals surface area contributed by atoms with E-state index in [4.69, 9.17) is 4.74 Å². The molecule has 1 amide bonds. The van der Waals surface area contributed by atoms with Crippen molar-refractivity contribution in [2.75, 3.05) is 26.2 Å². The van der Waals surface area contributed by atoms with Gasteiger partial charge in [0.05, 0.1) is 6.61 Å². The van der Waals surface area contributed by atoms with E-state index < -0.39 is 12.0 Å². The van der Waals surface area contributed by atoms with Gasteiger partial charge < -0.3 is 20.1 Å². The van der Waals surface area contributed by atoms with E-state index >= 15 is 0 Å². The van der Waals surface area contributed by atoms with Crippen molar-refractivity contribution >= 4 is 11.9 Å². The van der Waals surface area contributed by atoms with E-state index in [1.165, 1.54) is 17.0 Å². The van der Waals surface area contributed by atoms with Crippen molar-refractivity contribution in [3.05, 3.63) is 29.8 Å². The predicted molar refractivity (Wildman–Crippen MR) is 72.4 cm³/mol. The molecular formula is C14H18N2O4. The Morgan fingerprint density at radius 3 is 3.00 bits per heavy atom.